The molecule has 258 valence electrons. The van der Waals surface area contributed by atoms with E-state index in [0.29, 0.717) is 65.1 Å². The topological polar surface area (TPSA) is 91.7 Å². The van der Waals surface area contributed by atoms with E-state index in [2.05, 4.69) is 30.6 Å². The van der Waals surface area contributed by atoms with E-state index in [9.17, 15) is 15.0 Å². The normalized spacial score (nSPS) is 38.3. The van der Waals surface area contributed by atoms with Gasteiger partial charge >= 0.3 is 0 Å². The van der Waals surface area contributed by atoms with E-state index in [0.717, 1.165) is 70.4 Å². The Morgan fingerprint density at radius 1 is 0.891 bits per heavy atom. The van der Waals surface area contributed by atoms with Crippen LogP contribution in [0.1, 0.15) is 90.5 Å². The number of rotatable bonds is 9. The highest BCUT2D eigenvalue weighted by atomic mass is 16.5. The van der Waals surface area contributed by atoms with Gasteiger partial charge < -0.3 is 29.3 Å². The molecule has 1 saturated heterocycles. The molecule has 0 radical (unpaired) electrons. The lowest BCUT2D eigenvalue weighted by molar-refractivity contribution is -0.174. The molecule has 5 aliphatic rings. The Morgan fingerprint density at radius 2 is 1.59 bits per heavy atom. The van der Waals surface area contributed by atoms with E-state index < -0.39 is 0 Å². The number of aliphatic hydroxyl groups is 2. The zero-order valence-corrected chi connectivity index (χ0v) is 29.3. The third kappa shape index (κ3) is 5.93. The lowest BCUT2D eigenvalue weighted by atomic mass is 9.43. The van der Waals surface area contributed by atoms with Gasteiger partial charge in [0, 0.05) is 44.7 Å². The van der Waals surface area contributed by atoms with Crippen molar-refractivity contribution in [1.82, 2.24) is 9.80 Å². The second-order valence-electron chi connectivity index (χ2n) is 16.1. The van der Waals surface area contributed by atoms with Crippen molar-refractivity contribution in [2.75, 3.05) is 47.5 Å². The van der Waals surface area contributed by atoms with Gasteiger partial charge in [-0.15, -0.1) is 0 Å². The van der Waals surface area contributed by atoms with Crippen LogP contribution in [-0.2, 0) is 11.3 Å². The number of carbonyl (C=O) groups excluding carboxylic acids is 1. The summed E-state index contributed by atoms with van der Waals surface area (Å²) in [7, 11) is 4.92. The number of nitrogens with zero attached hydrogens (tertiary/aromatic N) is 2. The van der Waals surface area contributed by atoms with Gasteiger partial charge in [0.05, 0.1) is 33.5 Å². The Morgan fingerprint density at radius 3 is 2.28 bits per heavy atom. The predicted octanol–water partition coefficient (Wildman–Crippen LogP) is 5.76. The van der Waals surface area contributed by atoms with Crippen LogP contribution >= 0.6 is 0 Å². The van der Waals surface area contributed by atoms with E-state index in [4.69, 9.17) is 14.2 Å². The van der Waals surface area contributed by atoms with Crippen molar-refractivity contribution < 1.29 is 29.2 Å². The fourth-order valence-corrected chi connectivity index (χ4v) is 11.6. The van der Waals surface area contributed by atoms with Crippen molar-refractivity contribution in [3.8, 4) is 17.2 Å². The minimum atomic E-state index is -0.236. The summed E-state index contributed by atoms with van der Waals surface area (Å²) in [6, 6.07) is 3.96. The van der Waals surface area contributed by atoms with Gasteiger partial charge in [-0.1, -0.05) is 26.8 Å². The molecule has 1 aromatic rings. The average Bonchev–Trinajstić information content (AvgIpc) is 3.41. The Hall–Kier alpha value is -2.03. The van der Waals surface area contributed by atoms with Gasteiger partial charge in [0.15, 0.2) is 11.5 Å². The van der Waals surface area contributed by atoms with Crippen molar-refractivity contribution in [2.45, 2.75) is 104 Å². The molecule has 2 N–H and O–H groups in total. The summed E-state index contributed by atoms with van der Waals surface area (Å²) < 4.78 is 16.7. The summed E-state index contributed by atoms with van der Waals surface area (Å²) in [6.07, 6.45) is 9.80. The molecule has 0 bridgehead atoms. The molecule has 1 aromatic carbocycles. The largest absolute Gasteiger partial charge is 0.493 e. The first-order valence-corrected chi connectivity index (χ1v) is 18.2. The summed E-state index contributed by atoms with van der Waals surface area (Å²) in [4.78, 5) is 17.9. The minimum absolute atomic E-state index is 0.188. The van der Waals surface area contributed by atoms with Crippen LogP contribution in [0.25, 0.3) is 0 Å². The molecule has 0 aromatic heterocycles. The summed E-state index contributed by atoms with van der Waals surface area (Å²) in [5.41, 5.74) is 1.56. The molecule has 8 nitrogen and oxygen atoms in total. The lowest BCUT2D eigenvalue weighted by Gasteiger charge is -2.62. The van der Waals surface area contributed by atoms with Gasteiger partial charge in [-0.3, -0.25) is 9.69 Å². The van der Waals surface area contributed by atoms with E-state index >= 15 is 0 Å². The average molecular weight is 641 g/mol. The number of piperazine rings is 1. The first-order valence-electron chi connectivity index (χ1n) is 18.2. The van der Waals surface area contributed by atoms with Crippen LogP contribution in [0.4, 0.5) is 0 Å². The minimum Gasteiger partial charge on any atom is -0.493 e. The number of hydrogen-bond acceptors (Lipinski definition) is 7. The van der Waals surface area contributed by atoms with Crippen molar-refractivity contribution >= 4 is 5.91 Å². The fourth-order valence-electron chi connectivity index (χ4n) is 11.6. The third-order valence-electron chi connectivity index (χ3n) is 14.1. The van der Waals surface area contributed by atoms with Gasteiger partial charge in [-0.05, 0) is 110 Å². The third-order valence-corrected chi connectivity index (χ3v) is 14.1. The SMILES string of the molecule is COc1ccc(CN2CCN(C(=O)CCC(C)C3CCC4C5C(O)CC6CC(O)CCC6(C)C5CCC34C)CC2)c(OC)c1OC. The van der Waals surface area contributed by atoms with Crippen LogP contribution in [0.3, 0.4) is 0 Å². The molecule has 4 aliphatic carbocycles. The van der Waals surface area contributed by atoms with Gasteiger partial charge in [0.1, 0.15) is 0 Å². The highest BCUT2D eigenvalue weighted by Crippen LogP contribution is 2.68. The van der Waals surface area contributed by atoms with Gasteiger partial charge in [0.2, 0.25) is 11.7 Å². The van der Waals surface area contributed by atoms with Crippen molar-refractivity contribution in [2.24, 2.45) is 46.3 Å². The predicted molar refractivity (Wildman–Crippen MR) is 179 cm³/mol. The van der Waals surface area contributed by atoms with Crippen LogP contribution in [-0.4, -0.2) is 85.6 Å². The zero-order chi connectivity index (χ0) is 32.8. The number of hydrogen-bond donors (Lipinski definition) is 2. The lowest BCUT2D eigenvalue weighted by Crippen LogP contribution is -2.58. The Kier molecular flexibility index (Phi) is 9.91. The molecule has 1 aliphatic heterocycles. The maximum atomic E-state index is 13.4. The fraction of sp³-hybridized carbons (Fsp3) is 0.816. The molecule has 5 fully saturated rings. The maximum absolute atomic E-state index is 13.4. The molecular weight excluding hydrogens is 580 g/mol. The summed E-state index contributed by atoms with van der Waals surface area (Å²) >= 11 is 0. The van der Waals surface area contributed by atoms with Crippen molar-refractivity contribution in [3.63, 3.8) is 0 Å². The molecule has 1 amide bonds. The van der Waals surface area contributed by atoms with Gasteiger partial charge in [0.25, 0.3) is 0 Å². The van der Waals surface area contributed by atoms with Crippen LogP contribution in [0.2, 0.25) is 0 Å². The second kappa shape index (κ2) is 13.5. The van der Waals surface area contributed by atoms with E-state index in [-0.39, 0.29) is 23.0 Å². The monoisotopic (exact) mass is 640 g/mol. The molecule has 4 saturated carbocycles. The molecule has 0 spiro atoms. The highest BCUT2D eigenvalue weighted by Gasteiger charge is 2.62. The first-order chi connectivity index (χ1) is 22.0. The number of amides is 1. The van der Waals surface area contributed by atoms with Gasteiger partial charge in [-0.25, -0.2) is 0 Å². The molecule has 1 heterocycles. The standard InChI is InChI=1S/C38H60N2O6/c1-24(7-12-33(43)40-19-17-39(18-20-40)23-25-8-11-32(44-4)36(46-6)35(25)45-5)28-9-10-29-34-30(14-16-38(28,29)3)37(2)15-13-27(41)21-26(37)22-31(34)42/h8,11,24,26-31,34,41-42H,7,9-10,12-23H2,1-6H3. The van der Waals surface area contributed by atoms with Gasteiger partial charge in [-0.2, -0.15) is 0 Å². The number of methoxy groups -OCH3 is 3. The first kappa shape index (κ1) is 33.9. The molecular formula is C38H60N2O6. The van der Waals surface area contributed by atoms with E-state index in [1.165, 1.54) is 25.7 Å². The second-order valence-corrected chi connectivity index (χ2v) is 16.1. The van der Waals surface area contributed by atoms with E-state index in [1.54, 1.807) is 21.3 Å². The van der Waals surface area contributed by atoms with Crippen molar-refractivity contribution in [1.29, 1.82) is 0 Å². The molecule has 6 rings (SSSR count). The van der Waals surface area contributed by atoms with Crippen molar-refractivity contribution in [3.05, 3.63) is 17.7 Å². The molecule has 10 unspecified atom stereocenters. The molecule has 8 heteroatoms. The zero-order valence-electron chi connectivity index (χ0n) is 29.3. The maximum Gasteiger partial charge on any atom is 0.222 e. The highest BCUT2D eigenvalue weighted by molar-refractivity contribution is 5.76. The number of aliphatic hydroxyl groups excluding tert-OH is 2. The number of ether oxygens (including phenoxy) is 3. The van der Waals surface area contributed by atoms with Crippen LogP contribution in [0.15, 0.2) is 12.1 Å². The Balaban J connectivity index is 1.01. The van der Waals surface area contributed by atoms with Crippen LogP contribution in [0, 0.1) is 46.3 Å². The number of carbonyl (C=O) groups is 1. The van der Waals surface area contributed by atoms with Crippen LogP contribution < -0.4 is 14.2 Å². The quantitative estimate of drug-likeness (QED) is 0.355. The Labute approximate surface area is 277 Å². The van der Waals surface area contributed by atoms with E-state index in [1.807, 2.05) is 12.1 Å². The Bertz CT molecular complexity index is 1230. The molecule has 10 atom stereocenters. The summed E-state index contributed by atoms with van der Waals surface area (Å²) in [5.74, 6) is 5.38. The summed E-state index contributed by atoms with van der Waals surface area (Å²) in [6.45, 7) is 11.3. The van der Waals surface area contributed by atoms with Crippen LogP contribution in [0.5, 0.6) is 17.2 Å². The summed E-state index contributed by atoms with van der Waals surface area (Å²) in [5, 5.41) is 22.0. The smallest absolute Gasteiger partial charge is 0.222 e. The number of fused-ring (bicyclic) bond motifs is 5. The number of benzene rings is 1. The molecule has 46 heavy (non-hydrogen) atoms.